The molecule has 2 heterocycles. The number of methoxy groups -OCH3 is 2. The number of nitrogens with one attached hydrogen (secondary N) is 1. The number of aryl methyl sites for hydroxylation is 2. The molecule has 3 rings (SSSR count). The first kappa shape index (κ1) is 15.4. The normalized spacial score (nSPS) is 11.0. The average Bonchev–Trinajstić information content (AvgIpc) is 2.82. The summed E-state index contributed by atoms with van der Waals surface area (Å²) in [5.41, 5.74) is 0.415. The average molecular weight is 332 g/mol. The van der Waals surface area contributed by atoms with E-state index in [4.69, 9.17) is 9.47 Å². The number of nitrogens with zero attached hydrogens (tertiary/aromatic N) is 1. The maximum atomic E-state index is 12.9. The zero-order valence-corrected chi connectivity index (χ0v) is 14.0. The third-order valence-electron chi connectivity index (χ3n) is 3.85. The molecule has 1 aromatic carbocycles. The SMILES string of the molecule is COc1ccc(-n2c(=O)[nH]c3sc(C)c(C)c3c2=O)c(OC)c1. The molecular weight excluding hydrogens is 316 g/mol. The summed E-state index contributed by atoms with van der Waals surface area (Å²) in [6.07, 6.45) is 0. The first-order valence-electron chi connectivity index (χ1n) is 6.95. The summed E-state index contributed by atoms with van der Waals surface area (Å²) in [6, 6.07) is 4.95. The van der Waals surface area contributed by atoms with Gasteiger partial charge in [0, 0.05) is 10.9 Å². The molecule has 2 aromatic heterocycles. The summed E-state index contributed by atoms with van der Waals surface area (Å²) in [5, 5.41) is 0.532. The first-order valence-corrected chi connectivity index (χ1v) is 7.77. The Balaban J connectivity index is 2.39. The monoisotopic (exact) mass is 332 g/mol. The second-order valence-electron chi connectivity index (χ2n) is 5.10. The standard InChI is InChI=1S/C16H16N2O4S/c1-8-9(2)23-14-13(8)15(19)18(16(20)17-14)11-6-5-10(21-3)7-12(11)22-4/h5-7H,1-4H3,(H,17,20). The minimum atomic E-state index is -0.493. The van der Waals surface area contributed by atoms with Gasteiger partial charge in [0.25, 0.3) is 5.56 Å². The highest BCUT2D eigenvalue weighted by molar-refractivity contribution is 7.18. The number of hydrogen-bond acceptors (Lipinski definition) is 5. The van der Waals surface area contributed by atoms with Crippen LogP contribution in [0.15, 0.2) is 27.8 Å². The molecule has 0 saturated heterocycles. The molecule has 0 aliphatic rings. The lowest BCUT2D eigenvalue weighted by Gasteiger charge is -2.11. The molecule has 3 aromatic rings. The molecule has 0 atom stereocenters. The van der Waals surface area contributed by atoms with Crippen LogP contribution in [0.4, 0.5) is 0 Å². The molecule has 7 heteroatoms. The van der Waals surface area contributed by atoms with E-state index in [2.05, 4.69) is 4.98 Å². The lowest BCUT2D eigenvalue weighted by molar-refractivity contribution is 0.392. The summed E-state index contributed by atoms with van der Waals surface area (Å²) in [4.78, 5) is 29.7. The largest absolute Gasteiger partial charge is 0.497 e. The number of ether oxygens (including phenoxy) is 2. The van der Waals surface area contributed by atoms with Gasteiger partial charge in [-0.25, -0.2) is 9.36 Å². The second kappa shape index (κ2) is 5.58. The van der Waals surface area contributed by atoms with E-state index in [1.807, 2.05) is 13.8 Å². The highest BCUT2D eigenvalue weighted by Gasteiger charge is 2.17. The van der Waals surface area contributed by atoms with E-state index >= 15 is 0 Å². The topological polar surface area (TPSA) is 73.3 Å². The minimum absolute atomic E-state index is 0.353. The number of rotatable bonds is 3. The molecule has 0 aliphatic carbocycles. The van der Waals surface area contributed by atoms with Gasteiger partial charge in [0.2, 0.25) is 0 Å². The van der Waals surface area contributed by atoms with Gasteiger partial charge in [0.05, 0.1) is 25.3 Å². The second-order valence-corrected chi connectivity index (χ2v) is 6.32. The van der Waals surface area contributed by atoms with Crippen LogP contribution in [0.2, 0.25) is 0 Å². The number of hydrogen-bond donors (Lipinski definition) is 1. The van der Waals surface area contributed by atoms with Crippen molar-refractivity contribution in [1.29, 1.82) is 0 Å². The van der Waals surface area contributed by atoms with Crippen molar-refractivity contribution in [2.24, 2.45) is 0 Å². The predicted octanol–water partition coefficient (Wildman–Crippen LogP) is 2.37. The summed E-state index contributed by atoms with van der Waals surface area (Å²) in [7, 11) is 3.02. The van der Waals surface area contributed by atoms with Crippen LogP contribution in [0, 0.1) is 13.8 Å². The Labute approximate surface area is 135 Å². The van der Waals surface area contributed by atoms with Gasteiger partial charge < -0.3 is 9.47 Å². The van der Waals surface area contributed by atoms with Crippen molar-refractivity contribution < 1.29 is 9.47 Å². The van der Waals surface area contributed by atoms with Crippen molar-refractivity contribution in [3.63, 3.8) is 0 Å². The van der Waals surface area contributed by atoms with Crippen molar-refractivity contribution in [1.82, 2.24) is 9.55 Å². The highest BCUT2D eigenvalue weighted by atomic mass is 32.1. The number of H-pyrrole nitrogens is 1. The molecule has 23 heavy (non-hydrogen) atoms. The van der Waals surface area contributed by atoms with Crippen LogP contribution in [0.25, 0.3) is 15.9 Å². The molecule has 6 nitrogen and oxygen atoms in total. The molecule has 0 fully saturated rings. The van der Waals surface area contributed by atoms with Crippen molar-refractivity contribution >= 4 is 21.6 Å². The van der Waals surface area contributed by atoms with Gasteiger partial charge in [-0.2, -0.15) is 0 Å². The van der Waals surface area contributed by atoms with Crippen molar-refractivity contribution in [2.45, 2.75) is 13.8 Å². The molecular formula is C16H16N2O4S. The first-order chi connectivity index (χ1) is 11.0. The molecule has 0 unspecified atom stereocenters. The van der Waals surface area contributed by atoms with Gasteiger partial charge in [0.15, 0.2) is 0 Å². The molecule has 0 bridgehead atoms. The minimum Gasteiger partial charge on any atom is -0.497 e. The van der Waals surface area contributed by atoms with Crippen LogP contribution in [0.5, 0.6) is 11.5 Å². The summed E-state index contributed by atoms with van der Waals surface area (Å²) in [5.74, 6) is 0.972. The third-order valence-corrected chi connectivity index (χ3v) is 4.98. The number of fused-ring (bicyclic) bond motifs is 1. The van der Waals surface area contributed by atoms with E-state index in [1.54, 1.807) is 18.2 Å². The number of aromatic nitrogens is 2. The smallest absolute Gasteiger partial charge is 0.334 e. The molecule has 120 valence electrons. The maximum absolute atomic E-state index is 12.9. The van der Waals surface area contributed by atoms with E-state index < -0.39 is 5.69 Å². The van der Waals surface area contributed by atoms with Crippen LogP contribution < -0.4 is 20.7 Å². The molecule has 0 saturated carbocycles. The van der Waals surface area contributed by atoms with Crippen LogP contribution in [0.1, 0.15) is 10.4 Å². The Bertz CT molecular complexity index is 1010. The van der Waals surface area contributed by atoms with Crippen molar-refractivity contribution in [3.05, 3.63) is 49.5 Å². The Morgan fingerprint density at radius 3 is 2.52 bits per heavy atom. The Hall–Kier alpha value is -2.54. The van der Waals surface area contributed by atoms with Gasteiger partial charge in [0.1, 0.15) is 16.3 Å². The van der Waals surface area contributed by atoms with Crippen molar-refractivity contribution in [3.8, 4) is 17.2 Å². The van der Waals surface area contributed by atoms with Crippen molar-refractivity contribution in [2.75, 3.05) is 14.2 Å². The molecule has 0 radical (unpaired) electrons. The molecule has 1 N–H and O–H groups in total. The number of benzene rings is 1. The fourth-order valence-electron chi connectivity index (χ4n) is 2.52. The van der Waals surface area contributed by atoms with E-state index in [-0.39, 0.29) is 5.56 Å². The number of thiophene rings is 1. The van der Waals surface area contributed by atoms with Gasteiger partial charge in [-0.3, -0.25) is 9.78 Å². The summed E-state index contributed by atoms with van der Waals surface area (Å²) >= 11 is 1.41. The van der Waals surface area contributed by atoms with E-state index in [0.29, 0.717) is 27.4 Å². The zero-order valence-electron chi connectivity index (χ0n) is 13.2. The Kier molecular flexibility index (Phi) is 3.73. The van der Waals surface area contributed by atoms with E-state index in [9.17, 15) is 9.59 Å². The molecule has 0 amide bonds. The third kappa shape index (κ3) is 2.33. The maximum Gasteiger partial charge on any atom is 0.334 e. The molecule has 0 spiro atoms. The van der Waals surface area contributed by atoms with E-state index in [0.717, 1.165) is 15.0 Å². The van der Waals surface area contributed by atoms with Gasteiger partial charge in [-0.1, -0.05) is 0 Å². The highest BCUT2D eigenvalue weighted by Crippen LogP contribution is 2.28. The van der Waals surface area contributed by atoms with Gasteiger partial charge in [-0.05, 0) is 31.5 Å². The van der Waals surface area contributed by atoms with E-state index in [1.165, 1.54) is 25.6 Å². The summed E-state index contributed by atoms with van der Waals surface area (Å²) < 4.78 is 11.6. The van der Waals surface area contributed by atoms with Gasteiger partial charge in [-0.15, -0.1) is 11.3 Å². The van der Waals surface area contributed by atoms with Crippen LogP contribution in [0.3, 0.4) is 0 Å². The predicted molar refractivity (Wildman–Crippen MR) is 90.6 cm³/mol. The lowest BCUT2D eigenvalue weighted by Crippen LogP contribution is -2.33. The quantitative estimate of drug-likeness (QED) is 0.799. The number of aromatic amines is 1. The Morgan fingerprint density at radius 2 is 1.87 bits per heavy atom. The zero-order chi connectivity index (χ0) is 16.7. The van der Waals surface area contributed by atoms with Crippen LogP contribution in [-0.2, 0) is 0 Å². The fourth-order valence-corrected chi connectivity index (χ4v) is 3.56. The van der Waals surface area contributed by atoms with Crippen LogP contribution >= 0.6 is 11.3 Å². The lowest BCUT2D eigenvalue weighted by atomic mass is 10.2. The summed E-state index contributed by atoms with van der Waals surface area (Å²) in [6.45, 7) is 3.81. The van der Waals surface area contributed by atoms with Crippen LogP contribution in [-0.4, -0.2) is 23.8 Å². The Morgan fingerprint density at radius 1 is 1.13 bits per heavy atom. The molecule has 0 aliphatic heterocycles. The fraction of sp³-hybridized carbons (Fsp3) is 0.250. The van der Waals surface area contributed by atoms with Gasteiger partial charge >= 0.3 is 5.69 Å².